The lowest BCUT2D eigenvalue weighted by atomic mass is 10.1. The van der Waals surface area contributed by atoms with Crippen LogP contribution in [0.1, 0.15) is 18.4 Å². The highest BCUT2D eigenvalue weighted by atomic mass is 16.2. The minimum Gasteiger partial charge on any atom is -0.293 e. The fourth-order valence-electron chi connectivity index (χ4n) is 2.43. The molecule has 0 saturated heterocycles. The molecule has 16 heavy (non-hydrogen) atoms. The molecule has 0 atom stereocenters. The van der Waals surface area contributed by atoms with Crippen LogP contribution in [0.15, 0.2) is 27.8 Å². The minimum absolute atomic E-state index is 0.278. The van der Waals surface area contributed by atoms with Crippen molar-refractivity contribution in [1.29, 1.82) is 0 Å². The first-order valence-corrected chi connectivity index (χ1v) is 5.52. The Morgan fingerprint density at radius 3 is 2.94 bits per heavy atom. The summed E-state index contributed by atoms with van der Waals surface area (Å²) in [6, 6.07) is 5.66. The molecule has 4 nitrogen and oxygen atoms in total. The van der Waals surface area contributed by atoms with E-state index in [4.69, 9.17) is 0 Å². The van der Waals surface area contributed by atoms with Gasteiger partial charge in [0.1, 0.15) is 0 Å². The SMILES string of the molecule is O=c1[nH]c(=O)n2c3c(cccc13)CCCC2. The molecule has 0 unspecified atom stereocenters. The molecule has 0 saturated carbocycles. The zero-order chi connectivity index (χ0) is 11.1. The second-order valence-corrected chi connectivity index (χ2v) is 4.18. The maximum Gasteiger partial charge on any atom is 0.328 e. The molecule has 0 aliphatic carbocycles. The van der Waals surface area contributed by atoms with Gasteiger partial charge in [0.25, 0.3) is 5.56 Å². The molecule has 0 radical (unpaired) electrons. The number of aryl methyl sites for hydroxylation is 2. The van der Waals surface area contributed by atoms with Gasteiger partial charge in [-0.25, -0.2) is 4.79 Å². The molecular weight excluding hydrogens is 204 g/mol. The number of H-pyrrole nitrogens is 1. The molecular formula is C12H12N2O2. The average molecular weight is 216 g/mol. The summed E-state index contributed by atoms with van der Waals surface area (Å²) in [5.41, 5.74) is 1.37. The van der Waals surface area contributed by atoms with Crippen LogP contribution < -0.4 is 11.2 Å². The predicted octanol–water partition coefficient (Wildman–Crippen LogP) is 1.03. The normalized spacial score (nSPS) is 15.0. The summed E-state index contributed by atoms with van der Waals surface area (Å²) in [5.74, 6) is 0. The van der Waals surface area contributed by atoms with Crippen molar-refractivity contribution in [3.8, 4) is 0 Å². The van der Waals surface area contributed by atoms with Gasteiger partial charge in [0.2, 0.25) is 0 Å². The predicted molar refractivity (Wildman–Crippen MR) is 61.8 cm³/mol. The van der Waals surface area contributed by atoms with E-state index in [1.165, 1.54) is 0 Å². The van der Waals surface area contributed by atoms with Gasteiger partial charge in [-0.2, -0.15) is 0 Å². The summed E-state index contributed by atoms with van der Waals surface area (Å²) in [4.78, 5) is 25.8. The van der Waals surface area contributed by atoms with Crippen molar-refractivity contribution in [2.45, 2.75) is 25.8 Å². The van der Waals surface area contributed by atoms with E-state index in [9.17, 15) is 9.59 Å². The third kappa shape index (κ3) is 1.23. The van der Waals surface area contributed by atoms with E-state index in [2.05, 4.69) is 4.98 Å². The molecule has 1 aliphatic heterocycles. The van der Waals surface area contributed by atoms with Crippen molar-refractivity contribution in [3.63, 3.8) is 0 Å². The largest absolute Gasteiger partial charge is 0.328 e. The number of benzene rings is 1. The topological polar surface area (TPSA) is 54.9 Å². The van der Waals surface area contributed by atoms with E-state index >= 15 is 0 Å². The molecule has 1 aliphatic rings. The highest BCUT2D eigenvalue weighted by Crippen LogP contribution is 2.20. The third-order valence-corrected chi connectivity index (χ3v) is 3.18. The quantitative estimate of drug-likeness (QED) is 0.715. The number of aromatic amines is 1. The Bertz CT molecular complexity index is 667. The van der Waals surface area contributed by atoms with Crippen molar-refractivity contribution >= 4 is 10.9 Å². The molecule has 2 aromatic rings. The third-order valence-electron chi connectivity index (χ3n) is 3.18. The maximum atomic E-state index is 11.7. The lowest BCUT2D eigenvalue weighted by Gasteiger charge is -2.08. The Labute approximate surface area is 91.5 Å². The van der Waals surface area contributed by atoms with E-state index in [0.717, 1.165) is 30.3 Å². The molecule has 4 heteroatoms. The molecule has 0 bridgehead atoms. The second kappa shape index (κ2) is 3.33. The molecule has 3 rings (SSSR count). The van der Waals surface area contributed by atoms with Gasteiger partial charge in [-0.15, -0.1) is 0 Å². The number of aromatic nitrogens is 2. The van der Waals surface area contributed by atoms with Crippen LogP contribution in [-0.2, 0) is 13.0 Å². The molecule has 82 valence electrons. The number of para-hydroxylation sites is 1. The van der Waals surface area contributed by atoms with E-state index in [0.29, 0.717) is 11.9 Å². The first-order chi connectivity index (χ1) is 7.77. The van der Waals surface area contributed by atoms with Crippen LogP contribution >= 0.6 is 0 Å². The molecule has 1 N–H and O–H groups in total. The highest BCUT2D eigenvalue weighted by molar-refractivity contribution is 5.81. The summed E-state index contributed by atoms with van der Waals surface area (Å²) in [6.07, 6.45) is 2.99. The Morgan fingerprint density at radius 2 is 2.06 bits per heavy atom. The Hall–Kier alpha value is -1.84. The van der Waals surface area contributed by atoms with Crippen molar-refractivity contribution in [3.05, 3.63) is 44.6 Å². The smallest absolute Gasteiger partial charge is 0.293 e. The van der Waals surface area contributed by atoms with Crippen LogP contribution in [0, 0.1) is 0 Å². The highest BCUT2D eigenvalue weighted by Gasteiger charge is 2.13. The standard InChI is InChI=1S/C12H12N2O2/c15-11-9-6-3-5-8-4-1-2-7-14(10(8)9)12(16)13-11/h3,5-6H,1-2,4,7H2,(H,13,15,16). The molecule has 1 aromatic carbocycles. The summed E-state index contributed by atoms with van der Waals surface area (Å²) in [7, 11) is 0. The molecule has 0 fully saturated rings. The number of nitrogens with one attached hydrogen (secondary N) is 1. The zero-order valence-corrected chi connectivity index (χ0v) is 8.82. The summed E-state index contributed by atoms with van der Waals surface area (Å²) < 4.78 is 1.69. The molecule has 1 aromatic heterocycles. The van der Waals surface area contributed by atoms with Crippen molar-refractivity contribution < 1.29 is 0 Å². The van der Waals surface area contributed by atoms with Gasteiger partial charge in [-0.05, 0) is 30.9 Å². The number of nitrogens with zero attached hydrogens (tertiary/aromatic N) is 1. The first kappa shape index (κ1) is 9.39. The number of hydrogen-bond acceptors (Lipinski definition) is 2. The van der Waals surface area contributed by atoms with Crippen LogP contribution in [0.25, 0.3) is 10.9 Å². The summed E-state index contributed by atoms with van der Waals surface area (Å²) >= 11 is 0. The van der Waals surface area contributed by atoms with E-state index in [1.807, 2.05) is 12.1 Å². The van der Waals surface area contributed by atoms with Gasteiger partial charge in [-0.1, -0.05) is 12.1 Å². The molecule has 2 heterocycles. The summed E-state index contributed by atoms with van der Waals surface area (Å²) in [6.45, 7) is 0.698. The Morgan fingerprint density at radius 1 is 1.19 bits per heavy atom. The van der Waals surface area contributed by atoms with E-state index in [-0.39, 0.29) is 11.2 Å². The van der Waals surface area contributed by atoms with Crippen LogP contribution in [0.5, 0.6) is 0 Å². The fraction of sp³-hybridized carbons (Fsp3) is 0.333. The van der Waals surface area contributed by atoms with Crippen LogP contribution in [0.4, 0.5) is 0 Å². The average Bonchev–Trinajstić information content (AvgIpc) is 2.49. The van der Waals surface area contributed by atoms with Crippen LogP contribution in [0.3, 0.4) is 0 Å². The van der Waals surface area contributed by atoms with E-state index in [1.54, 1.807) is 10.6 Å². The Kier molecular flexibility index (Phi) is 1.96. The maximum absolute atomic E-state index is 11.7. The second-order valence-electron chi connectivity index (χ2n) is 4.18. The monoisotopic (exact) mass is 216 g/mol. The van der Waals surface area contributed by atoms with Crippen LogP contribution in [-0.4, -0.2) is 9.55 Å². The Balaban J connectivity index is 2.58. The number of rotatable bonds is 0. The van der Waals surface area contributed by atoms with Crippen molar-refractivity contribution in [2.24, 2.45) is 0 Å². The molecule has 0 amide bonds. The van der Waals surface area contributed by atoms with Crippen molar-refractivity contribution in [1.82, 2.24) is 9.55 Å². The van der Waals surface area contributed by atoms with Crippen LogP contribution in [0.2, 0.25) is 0 Å². The lowest BCUT2D eigenvalue weighted by molar-refractivity contribution is 0.617. The fourth-order valence-corrected chi connectivity index (χ4v) is 2.43. The van der Waals surface area contributed by atoms with Gasteiger partial charge in [0.05, 0.1) is 10.9 Å². The lowest BCUT2D eigenvalue weighted by Crippen LogP contribution is -2.30. The van der Waals surface area contributed by atoms with Gasteiger partial charge < -0.3 is 0 Å². The van der Waals surface area contributed by atoms with Gasteiger partial charge >= 0.3 is 5.69 Å². The van der Waals surface area contributed by atoms with Gasteiger partial charge in [0, 0.05) is 6.54 Å². The van der Waals surface area contributed by atoms with Crippen molar-refractivity contribution in [2.75, 3.05) is 0 Å². The zero-order valence-electron chi connectivity index (χ0n) is 8.82. The summed E-state index contributed by atoms with van der Waals surface area (Å²) in [5, 5.41) is 0.624. The first-order valence-electron chi connectivity index (χ1n) is 5.52. The minimum atomic E-state index is -0.285. The number of hydrogen-bond donors (Lipinski definition) is 1. The molecule has 0 spiro atoms. The van der Waals surface area contributed by atoms with Gasteiger partial charge in [-0.3, -0.25) is 14.3 Å². The van der Waals surface area contributed by atoms with Gasteiger partial charge in [0.15, 0.2) is 0 Å². The van der Waals surface area contributed by atoms with E-state index < -0.39 is 0 Å².